The number of halogens is 2. The van der Waals surface area contributed by atoms with Crippen molar-refractivity contribution in [2.45, 2.75) is 51.5 Å². The fourth-order valence-corrected chi connectivity index (χ4v) is 2.65. The summed E-state index contributed by atoms with van der Waals surface area (Å²) in [6, 6.07) is 2.52. The summed E-state index contributed by atoms with van der Waals surface area (Å²) < 4.78 is 5.09. The van der Waals surface area contributed by atoms with E-state index in [2.05, 4.69) is 10.6 Å². The van der Waals surface area contributed by atoms with E-state index in [1.165, 1.54) is 13.0 Å². The molecule has 146 valence electrons. The fraction of sp³-hybridized carbons (Fsp3) is 0.529. The molecule has 1 aromatic rings. The van der Waals surface area contributed by atoms with E-state index in [1.807, 2.05) is 0 Å². The van der Waals surface area contributed by atoms with Gasteiger partial charge in [0.15, 0.2) is 0 Å². The third-order valence-corrected chi connectivity index (χ3v) is 3.84. The van der Waals surface area contributed by atoms with Crippen molar-refractivity contribution in [2.75, 3.05) is 6.61 Å². The lowest BCUT2D eigenvalue weighted by atomic mass is 10.1. The van der Waals surface area contributed by atoms with Crippen molar-refractivity contribution in [3.8, 4) is 0 Å². The molecule has 3 atom stereocenters. The Bertz CT molecular complexity index is 647. The molecule has 4 N–H and O–H groups in total. The number of carbonyl (C=O) groups excluding carboxylic acids is 2. The topological polar surface area (TPSA) is 108 Å². The molecular weight excluding hydrogens is 383 g/mol. The van der Waals surface area contributed by atoms with Gasteiger partial charge in [0.1, 0.15) is 11.6 Å². The van der Waals surface area contributed by atoms with Gasteiger partial charge in [-0.2, -0.15) is 0 Å². The Hall–Kier alpha value is -1.54. The molecule has 1 aromatic carbocycles. The van der Waals surface area contributed by atoms with Crippen molar-refractivity contribution >= 4 is 35.2 Å². The Morgan fingerprint density at radius 2 is 1.85 bits per heavy atom. The number of hydrogen-bond donors (Lipinski definition) is 4. The maximum absolute atomic E-state index is 12.5. The minimum atomic E-state index is -1.27. The lowest BCUT2D eigenvalue weighted by Gasteiger charge is -2.26. The first-order chi connectivity index (χ1) is 11.9. The summed E-state index contributed by atoms with van der Waals surface area (Å²) in [5.41, 5.74) is -0.303. The smallest absolute Gasteiger partial charge is 0.408 e. The summed E-state index contributed by atoms with van der Waals surface area (Å²) in [5.74, 6) is -0.698. The fourth-order valence-electron chi connectivity index (χ4n) is 2.11. The Morgan fingerprint density at radius 3 is 2.31 bits per heavy atom. The monoisotopic (exact) mass is 406 g/mol. The third-order valence-electron chi connectivity index (χ3n) is 3.27. The predicted molar refractivity (Wildman–Crippen MR) is 99.3 cm³/mol. The molecule has 0 aliphatic carbocycles. The highest BCUT2D eigenvalue weighted by molar-refractivity contribution is 6.35. The Balaban J connectivity index is 2.89. The number of rotatable bonds is 6. The van der Waals surface area contributed by atoms with E-state index < -0.39 is 42.4 Å². The average molecular weight is 407 g/mol. The molecule has 0 aromatic heterocycles. The van der Waals surface area contributed by atoms with E-state index in [0.29, 0.717) is 10.6 Å². The molecule has 0 radical (unpaired) electrons. The maximum Gasteiger partial charge on any atom is 0.408 e. The largest absolute Gasteiger partial charge is 0.444 e. The number of aliphatic hydroxyl groups excluding tert-OH is 2. The van der Waals surface area contributed by atoms with Crippen LogP contribution in [0.3, 0.4) is 0 Å². The van der Waals surface area contributed by atoms with E-state index in [-0.39, 0.29) is 5.02 Å². The molecule has 0 bridgehead atoms. The first-order valence-electron chi connectivity index (χ1n) is 7.98. The number of benzene rings is 1. The average Bonchev–Trinajstić information content (AvgIpc) is 2.48. The standard InChI is InChI=1S/C17H24Cl2N2O5/c1-9(23)14(21-16(25)26-17(2,3)4)15(24)20-13(8-22)11-6-5-10(18)7-12(11)19/h5-7,9,13-14,22-23H,8H2,1-4H3,(H,20,24)(H,21,25). The molecule has 0 fully saturated rings. The summed E-state index contributed by atoms with van der Waals surface area (Å²) >= 11 is 11.9. The van der Waals surface area contributed by atoms with Crippen molar-refractivity contribution in [1.82, 2.24) is 10.6 Å². The molecule has 0 heterocycles. The Morgan fingerprint density at radius 1 is 1.23 bits per heavy atom. The van der Waals surface area contributed by atoms with Gasteiger partial charge < -0.3 is 25.6 Å². The van der Waals surface area contributed by atoms with Gasteiger partial charge in [-0.1, -0.05) is 29.3 Å². The van der Waals surface area contributed by atoms with Gasteiger partial charge in [0.25, 0.3) is 0 Å². The molecule has 26 heavy (non-hydrogen) atoms. The minimum Gasteiger partial charge on any atom is -0.444 e. The SMILES string of the molecule is CC(O)C(NC(=O)OC(C)(C)C)C(=O)NC(CO)c1ccc(Cl)cc1Cl. The van der Waals surface area contributed by atoms with Crippen LogP contribution in [0.2, 0.25) is 10.0 Å². The minimum absolute atomic E-state index is 0.269. The van der Waals surface area contributed by atoms with Crippen LogP contribution in [0.15, 0.2) is 18.2 Å². The summed E-state index contributed by atoms with van der Waals surface area (Å²) in [6.07, 6.45) is -2.04. The third kappa shape index (κ3) is 6.99. The molecule has 1 rings (SSSR count). The van der Waals surface area contributed by atoms with E-state index in [1.54, 1.807) is 32.9 Å². The maximum atomic E-state index is 12.5. The highest BCUT2D eigenvalue weighted by atomic mass is 35.5. The van der Waals surface area contributed by atoms with Crippen LogP contribution in [-0.2, 0) is 9.53 Å². The number of aliphatic hydroxyl groups is 2. The molecule has 7 nitrogen and oxygen atoms in total. The lowest BCUT2D eigenvalue weighted by molar-refractivity contribution is -0.126. The molecule has 0 aliphatic rings. The molecular formula is C17H24Cl2N2O5. The van der Waals surface area contributed by atoms with Crippen molar-refractivity contribution < 1.29 is 24.5 Å². The van der Waals surface area contributed by atoms with E-state index in [9.17, 15) is 19.8 Å². The van der Waals surface area contributed by atoms with Crippen LogP contribution in [0.4, 0.5) is 4.79 Å². The van der Waals surface area contributed by atoms with Crippen LogP contribution in [0.25, 0.3) is 0 Å². The number of alkyl carbamates (subject to hydrolysis) is 1. The summed E-state index contributed by atoms with van der Waals surface area (Å²) in [4.78, 5) is 24.4. The zero-order chi connectivity index (χ0) is 20.1. The summed E-state index contributed by atoms with van der Waals surface area (Å²) in [7, 11) is 0. The number of hydrogen-bond acceptors (Lipinski definition) is 5. The number of nitrogens with one attached hydrogen (secondary N) is 2. The van der Waals surface area contributed by atoms with Crippen molar-refractivity contribution in [1.29, 1.82) is 0 Å². The second-order valence-corrected chi connectivity index (χ2v) is 7.62. The van der Waals surface area contributed by atoms with Gasteiger partial charge in [0.05, 0.1) is 18.8 Å². The quantitative estimate of drug-likeness (QED) is 0.579. The first kappa shape index (κ1) is 22.5. The van der Waals surface area contributed by atoms with Crippen LogP contribution in [0, 0.1) is 0 Å². The van der Waals surface area contributed by atoms with Crippen LogP contribution < -0.4 is 10.6 Å². The number of amides is 2. The second-order valence-electron chi connectivity index (χ2n) is 6.77. The van der Waals surface area contributed by atoms with Crippen molar-refractivity contribution in [3.05, 3.63) is 33.8 Å². The van der Waals surface area contributed by atoms with Crippen LogP contribution >= 0.6 is 23.2 Å². The highest BCUT2D eigenvalue weighted by Gasteiger charge is 2.30. The van der Waals surface area contributed by atoms with Gasteiger partial charge in [0, 0.05) is 10.0 Å². The molecule has 0 saturated carbocycles. The first-order valence-corrected chi connectivity index (χ1v) is 8.74. The zero-order valence-electron chi connectivity index (χ0n) is 15.0. The van der Waals surface area contributed by atoms with E-state index >= 15 is 0 Å². The molecule has 0 spiro atoms. The molecule has 9 heteroatoms. The zero-order valence-corrected chi connectivity index (χ0v) is 16.6. The summed E-state index contributed by atoms with van der Waals surface area (Å²) in [6.45, 7) is 5.94. The van der Waals surface area contributed by atoms with Crippen LogP contribution in [0.5, 0.6) is 0 Å². The van der Waals surface area contributed by atoms with E-state index in [0.717, 1.165) is 0 Å². The Labute approximate surface area is 162 Å². The molecule has 0 aliphatic heterocycles. The number of ether oxygens (including phenoxy) is 1. The van der Waals surface area contributed by atoms with Crippen LogP contribution in [0.1, 0.15) is 39.3 Å². The van der Waals surface area contributed by atoms with Gasteiger partial charge in [0.2, 0.25) is 5.91 Å². The van der Waals surface area contributed by atoms with Crippen LogP contribution in [-0.4, -0.2) is 46.6 Å². The normalized spacial score (nSPS) is 14.9. The highest BCUT2D eigenvalue weighted by Crippen LogP contribution is 2.26. The predicted octanol–water partition coefficient (Wildman–Crippen LogP) is 2.42. The summed E-state index contributed by atoms with van der Waals surface area (Å²) in [5, 5.41) is 25.0. The molecule has 3 unspecified atom stereocenters. The van der Waals surface area contributed by atoms with Gasteiger partial charge in [-0.3, -0.25) is 4.79 Å². The molecule has 2 amide bonds. The van der Waals surface area contributed by atoms with Crippen molar-refractivity contribution in [3.63, 3.8) is 0 Å². The number of carbonyl (C=O) groups is 2. The van der Waals surface area contributed by atoms with Gasteiger partial charge >= 0.3 is 6.09 Å². The second kappa shape index (κ2) is 9.41. The van der Waals surface area contributed by atoms with Gasteiger partial charge in [-0.25, -0.2) is 4.79 Å². The lowest BCUT2D eigenvalue weighted by Crippen LogP contribution is -2.54. The van der Waals surface area contributed by atoms with Gasteiger partial charge in [-0.15, -0.1) is 0 Å². The van der Waals surface area contributed by atoms with Gasteiger partial charge in [-0.05, 0) is 45.4 Å². The van der Waals surface area contributed by atoms with E-state index in [4.69, 9.17) is 27.9 Å². The molecule has 0 saturated heterocycles. The Kier molecular flexibility index (Phi) is 8.15. The van der Waals surface area contributed by atoms with Crippen molar-refractivity contribution in [2.24, 2.45) is 0 Å².